The van der Waals surface area contributed by atoms with Crippen molar-refractivity contribution in [3.63, 3.8) is 0 Å². The number of nitrogens with one attached hydrogen (secondary N) is 1. The van der Waals surface area contributed by atoms with Gasteiger partial charge in [0.05, 0.1) is 78.1 Å². The highest BCUT2D eigenvalue weighted by Gasteiger charge is 2.28. The standard InChI is InChI=1S/C30H38F5NO9/c1-2-3-9-36-22-6-4-21(5-7-22)30(38)44-20-19-43-18-17-42-16-15-41-14-13-40-12-11-39-10-8-23(37)45-29-27(34)25(32)24(31)26(33)28(29)35/h4-7,36H,2-3,8-20H2,1H3. The molecule has 10 nitrogen and oxygen atoms in total. The van der Waals surface area contributed by atoms with Gasteiger partial charge in [0.25, 0.3) is 0 Å². The van der Waals surface area contributed by atoms with E-state index in [4.69, 9.17) is 28.4 Å². The van der Waals surface area contributed by atoms with Gasteiger partial charge in [-0.15, -0.1) is 0 Å². The number of ether oxygens (including phenoxy) is 7. The largest absolute Gasteiger partial charge is 0.460 e. The van der Waals surface area contributed by atoms with Crippen molar-refractivity contribution < 1.29 is 64.7 Å². The van der Waals surface area contributed by atoms with Crippen LogP contribution in [0.15, 0.2) is 24.3 Å². The normalized spacial score (nSPS) is 11.1. The highest BCUT2D eigenvalue weighted by atomic mass is 19.2. The summed E-state index contributed by atoms with van der Waals surface area (Å²) in [6.07, 6.45) is 1.69. The first kappa shape index (κ1) is 37.8. The van der Waals surface area contributed by atoms with Gasteiger partial charge in [0.1, 0.15) is 6.61 Å². The Bertz CT molecular complexity index is 1140. The van der Waals surface area contributed by atoms with Crippen LogP contribution in [-0.4, -0.2) is 91.2 Å². The zero-order valence-electron chi connectivity index (χ0n) is 25.0. The van der Waals surface area contributed by atoms with Gasteiger partial charge in [0, 0.05) is 12.2 Å². The first-order chi connectivity index (χ1) is 21.8. The number of halogens is 5. The molecule has 0 amide bonds. The molecular weight excluding hydrogens is 613 g/mol. The van der Waals surface area contributed by atoms with Crippen molar-refractivity contribution in [1.29, 1.82) is 0 Å². The topological polar surface area (TPSA) is 111 Å². The Labute approximate surface area is 258 Å². The fourth-order valence-corrected chi connectivity index (χ4v) is 3.39. The lowest BCUT2D eigenvalue weighted by atomic mass is 10.2. The maximum Gasteiger partial charge on any atom is 0.338 e. The Hall–Kier alpha value is -3.37. The second-order valence-electron chi connectivity index (χ2n) is 9.18. The van der Waals surface area contributed by atoms with Crippen LogP contribution in [0.25, 0.3) is 0 Å². The number of esters is 2. The number of rotatable bonds is 24. The number of carbonyl (C=O) groups is 2. The van der Waals surface area contributed by atoms with Crippen LogP contribution < -0.4 is 10.1 Å². The molecule has 0 aliphatic heterocycles. The molecule has 0 bridgehead atoms. The average Bonchev–Trinajstić information content (AvgIpc) is 3.04. The molecule has 0 heterocycles. The van der Waals surface area contributed by atoms with Crippen molar-refractivity contribution in [2.24, 2.45) is 0 Å². The highest BCUT2D eigenvalue weighted by molar-refractivity contribution is 5.89. The van der Waals surface area contributed by atoms with Crippen LogP contribution in [0.1, 0.15) is 36.5 Å². The van der Waals surface area contributed by atoms with E-state index in [-0.39, 0.29) is 46.2 Å². The van der Waals surface area contributed by atoms with Gasteiger partial charge in [-0.1, -0.05) is 13.3 Å². The maximum atomic E-state index is 13.5. The summed E-state index contributed by atoms with van der Waals surface area (Å²) in [5, 5.41) is 3.28. The van der Waals surface area contributed by atoms with E-state index in [1.807, 2.05) is 12.1 Å². The minimum atomic E-state index is -2.35. The number of carbonyl (C=O) groups excluding carboxylic acids is 2. The van der Waals surface area contributed by atoms with E-state index in [9.17, 15) is 31.5 Å². The van der Waals surface area contributed by atoms with Gasteiger partial charge in [-0.2, -0.15) is 8.78 Å². The molecule has 0 radical (unpaired) electrons. The smallest absolute Gasteiger partial charge is 0.338 e. The van der Waals surface area contributed by atoms with Crippen LogP contribution in [0.4, 0.5) is 27.6 Å². The van der Waals surface area contributed by atoms with Gasteiger partial charge in [-0.3, -0.25) is 4.79 Å². The average molecular weight is 652 g/mol. The van der Waals surface area contributed by atoms with E-state index in [0.717, 1.165) is 25.1 Å². The molecule has 0 saturated heterocycles. The predicted octanol–water partition coefficient (Wildman–Crippen LogP) is 4.83. The zero-order valence-corrected chi connectivity index (χ0v) is 25.0. The molecule has 0 aliphatic carbocycles. The summed E-state index contributed by atoms with van der Waals surface area (Å²) < 4.78 is 102. The van der Waals surface area contributed by atoms with Crippen molar-refractivity contribution in [2.75, 3.05) is 84.5 Å². The molecule has 0 saturated carbocycles. The monoisotopic (exact) mass is 651 g/mol. The highest BCUT2D eigenvalue weighted by Crippen LogP contribution is 2.29. The molecule has 15 heteroatoms. The van der Waals surface area contributed by atoms with Gasteiger partial charge in [0.2, 0.25) is 34.8 Å². The van der Waals surface area contributed by atoms with Crippen LogP contribution in [0, 0.1) is 29.1 Å². The number of unbranched alkanes of at least 4 members (excludes halogenated alkanes) is 1. The van der Waals surface area contributed by atoms with E-state index >= 15 is 0 Å². The lowest BCUT2D eigenvalue weighted by Crippen LogP contribution is -2.16. The molecule has 0 aromatic heterocycles. The van der Waals surface area contributed by atoms with Crippen molar-refractivity contribution >= 4 is 17.6 Å². The van der Waals surface area contributed by atoms with Gasteiger partial charge in [0.15, 0.2) is 0 Å². The van der Waals surface area contributed by atoms with Gasteiger partial charge in [-0.25, -0.2) is 18.0 Å². The molecule has 45 heavy (non-hydrogen) atoms. The molecule has 252 valence electrons. The predicted molar refractivity (Wildman–Crippen MR) is 151 cm³/mol. The number of anilines is 1. The summed E-state index contributed by atoms with van der Waals surface area (Å²) in [6, 6.07) is 7.12. The van der Waals surface area contributed by atoms with Crippen LogP contribution in [0.3, 0.4) is 0 Å². The zero-order chi connectivity index (χ0) is 32.9. The first-order valence-electron chi connectivity index (χ1n) is 14.4. The summed E-state index contributed by atoms with van der Waals surface area (Å²) in [7, 11) is 0. The fraction of sp³-hybridized carbons (Fsp3) is 0.533. The second-order valence-corrected chi connectivity index (χ2v) is 9.18. The van der Waals surface area contributed by atoms with Crippen LogP contribution in [0.2, 0.25) is 0 Å². The minimum Gasteiger partial charge on any atom is -0.460 e. The Morgan fingerprint density at radius 2 is 1.07 bits per heavy atom. The maximum absolute atomic E-state index is 13.5. The summed E-state index contributed by atoms with van der Waals surface area (Å²) in [5.41, 5.74) is 1.43. The van der Waals surface area contributed by atoms with E-state index in [1.54, 1.807) is 12.1 Å². The van der Waals surface area contributed by atoms with Gasteiger partial charge < -0.3 is 38.5 Å². The molecule has 1 N–H and O–H groups in total. The van der Waals surface area contributed by atoms with Crippen molar-refractivity contribution in [3.8, 4) is 5.75 Å². The molecule has 0 fully saturated rings. The van der Waals surface area contributed by atoms with Crippen molar-refractivity contribution in [1.82, 2.24) is 0 Å². The third-order valence-corrected chi connectivity index (χ3v) is 5.76. The molecular formula is C30H38F5NO9. The lowest BCUT2D eigenvalue weighted by Gasteiger charge is -2.09. The third-order valence-electron chi connectivity index (χ3n) is 5.76. The molecule has 0 unspecified atom stereocenters. The number of hydrogen-bond donors (Lipinski definition) is 1. The Balaban J connectivity index is 1.35. The lowest BCUT2D eigenvalue weighted by molar-refractivity contribution is -0.136. The summed E-state index contributed by atoms with van der Waals surface area (Å²) >= 11 is 0. The van der Waals surface area contributed by atoms with Gasteiger partial charge in [-0.05, 0) is 30.7 Å². The van der Waals surface area contributed by atoms with E-state index < -0.39 is 53.2 Å². The van der Waals surface area contributed by atoms with E-state index in [1.165, 1.54) is 0 Å². The Morgan fingerprint density at radius 3 is 1.56 bits per heavy atom. The third kappa shape index (κ3) is 14.5. The van der Waals surface area contributed by atoms with Crippen LogP contribution >= 0.6 is 0 Å². The SMILES string of the molecule is CCCCNc1ccc(C(=O)OCCOCCOCCOCCOCCOCCC(=O)Oc2c(F)c(F)c(F)c(F)c2F)cc1. The molecule has 0 aliphatic rings. The molecule has 2 aromatic carbocycles. The molecule has 0 spiro atoms. The van der Waals surface area contributed by atoms with E-state index in [2.05, 4.69) is 17.0 Å². The number of hydrogen-bond acceptors (Lipinski definition) is 10. The van der Waals surface area contributed by atoms with Crippen molar-refractivity contribution in [3.05, 3.63) is 58.9 Å². The fourth-order valence-electron chi connectivity index (χ4n) is 3.39. The van der Waals surface area contributed by atoms with E-state index in [0.29, 0.717) is 32.0 Å². The first-order valence-corrected chi connectivity index (χ1v) is 14.4. The molecule has 2 aromatic rings. The summed E-state index contributed by atoms with van der Waals surface area (Å²) in [5.74, 6) is -14.6. The minimum absolute atomic E-state index is 0.0715. The number of benzene rings is 2. The Morgan fingerprint density at radius 1 is 0.622 bits per heavy atom. The van der Waals surface area contributed by atoms with Crippen molar-refractivity contribution in [2.45, 2.75) is 26.2 Å². The summed E-state index contributed by atoms with van der Waals surface area (Å²) in [6.45, 7) is 5.25. The van der Waals surface area contributed by atoms with Gasteiger partial charge >= 0.3 is 11.9 Å². The Kier molecular flexibility index (Phi) is 18.6. The quantitative estimate of drug-likeness (QED) is 0.0423. The molecule has 0 atom stereocenters. The molecule has 2 rings (SSSR count). The van der Waals surface area contributed by atoms with Crippen LogP contribution in [-0.2, 0) is 33.2 Å². The summed E-state index contributed by atoms with van der Waals surface area (Å²) in [4.78, 5) is 23.7. The second kappa shape index (κ2) is 22.2. The van der Waals surface area contributed by atoms with Crippen LogP contribution in [0.5, 0.6) is 5.75 Å².